The number of rotatable bonds is 3. The van der Waals surface area contributed by atoms with E-state index in [4.69, 9.17) is 0 Å². The van der Waals surface area contributed by atoms with Crippen LogP contribution in [-0.2, 0) is 0 Å². The second-order valence-electron chi connectivity index (χ2n) is 5.26. The molecule has 0 bridgehead atoms. The first-order valence-electron chi connectivity index (χ1n) is 7.25. The zero-order valence-electron chi connectivity index (χ0n) is 12.9. The highest BCUT2D eigenvalue weighted by Crippen LogP contribution is 2.23. The first-order chi connectivity index (χ1) is 11.1. The van der Waals surface area contributed by atoms with E-state index in [1.165, 1.54) is 18.2 Å². The van der Waals surface area contributed by atoms with E-state index in [9.17, 15) is 9.18 Å². The molecule has 1 amide bonds. The van der Waals surface area contributed by atoms with E-state index < -0.39 is 5.82 Å². The quantitative estimate of drug-likeness (QED) is 0.798. The van der Waals surface area contributed by atoms with Crippen molar-refractivity contribution >= 4 is 11.6 Å². The molecular weight excluding hydrogens is 293 g/mol. The third-order valence-corrected chi connectivity index (χ3v) is 3.62. The molecule has 3 rings (SSSR count). The number of amides is 1. The standard InChI is InChI=1S/C18H16FN3O/c1-12-17(20-18(23)14-7-6-8-15(19)11-14)13(2)22(21-12)16-9-4-3-5-10-16/h3-11H,1-2H3,(H,20,23). The molecule has 0 aliphatic heterocycles. The maximum absolute atomic E-state index is 13.3. The van der Waals surface area contributed by atoms with Crippen molar-refractivity contribution in [1.82, 2.24) is 9.78 Å². The topological polar surface area (TPSA) is 46.9 Å². The second-order valence-corrected chi connectivity index (χ2v) is 5.26. The molecule has 0 aliphatic rings. The molecule has 3 aromatic rings. The van der Waals surface area contributed by atoms with Crippen molar-refractivity contribution in [3.8, 4) is 5.69 Å². The van der Waals surface area contributed by atoms with Gasteiger partial charge in [-0.1, -0.05) is 24.3 Å². The molecule has 0 fully saturated rings. The molecular formula is C18H16FN3O. The zero-order chi connectivity index (χ0) is 16.4. The monoisotopic (exact) mass is 309 g/mol. The highest BCUT2D eigenvalue weighted by Gasteiger charge is 2.16. The molecule has 0 saturated heterocycles. The number of benzene rings is 2. The third-order valence-electron chi connectivity index (χ3n) is 3.62. The normalized spacial score (nSPS) is 10.6. The summed E-state index contributed by atoms with van der Waals surface area (Å²) in [7, 11) is 0. The van der Waals surface area contributed by atoms with E-state index in [0.717, 1.165) is 11.4 Å². The van der Waals surface area contributed by atoms with Crippen LogP contribution in [-0.4, -0.2) is 15.7 Å². The lowest BCUT2D eigenvalue weighted by atomic mass is 10.2. The van der Waals surface area contributed by atoms with E-state index in [1.807, 2.05) is 44.2 Å². The van der Waals surface area contributed by atoms with Gasteiger partial charge >= 0.3 is 0 Å². The molecule has 4 nitrogen and oxygen atoms in total. The van der Waals surface area contributed by atoms with Crippen molar-refractivity contribution in [2.24, 2.45) is 0 Å². The van der Waals surface area contributed by atoms with Crippen LogP contribution in [0.2, 0.25) is 0 Å². The van der Waals surface area contributed by atoms with Crippen LogP contribution in [0.5, 0.6) is 0 Å². The Morgan fingerprint density at radius 1 is 1.09 bits per heavy atom. The smallest absolute Gasteiger partial charge is 0.255 e. The SMILES string of the molecule is Cc1nn(-c2ccccc2)c(C)c1NC(=O)c1cccc(F)c1. The number of halogens is 1. The van der Waals surface area contributed by atoms with Gasteiger partial charge in [0, 0.05) is 5.56 Å². The van der Waals surface area contributed by atoms with Crippen LogP contribution in [0.4, 0.5) is 10.1 Å². The number of aromatic nitrogens is 2. The van der Waals surface area contributed by atoms with Crippen LogP contribution in [0.3, 0.4) is 0 Å². The van der Waals surface area contributed by atoms with Gasteiger partial charge in [-0.25, -0.2) is 9.07 Å². The first-order valence-corrected chi connectivity index (χ1v) is 7.25. The predicted molar refractivity (Wildman–Crippen MR) is 87.4 cm³/mol. The van der Waals surface area contributed by atoms with Crippen molar-refractivity contribution in [2.75, 3.05) is 5.32 Å². The Bertz CT molecular complexity index is 856. The van der Waals surface area contributed by atoms with Crippen molar-refractivity contribution in [1.29, 1.82) is 0 Å². The van der Waals surface area contributed by atoms with Crippen LogP contribution < -0.4 is 5.32 Å². The van der Waals surface area contributed by atoms with Crippen LogP contribution in [0.1, 0.15) is 21.7 Å². The number of carbonyl (C=O) groups is 1. The summed E-state index contributed by atoms with van der Waals surface area (Å²) in [6.45, 7) is 3.71. The summed E-state index contributed by atoms with van der Waals surface area (Å²) in [5.41, 5.74) is 3.35. The largest absolute Gasteiger partial charge is 0.319 e. The second kappa shape index (κ2) is 6.04. The fourth-order valence-electron chi connectivity index (χ4n) is 2.46. The molecule has 0 aliphatic carbocycles. The van der Waals surface area contributed by atoms with Gasteiger partial charge in [0.05, 0.1) is 22.8 Å². The van der Waals surface area contributed by atoms with E-state index in [1.54, 1.807) is 10.7 Å². The van der Waals surface area contributed by atoms with Crippen LogP contribution in [0.15, 0.2) is 54.6 Å². The minimum atomic E-state index is -0.439. The Kier molecular flexibility index (Phi) is 3.93. The maximum Gasteiger partial charge on any atom is 0.255 e. The van der Waals surface area contributed by atoms with Crippen LogP contribution in [0, 0.1) is 19.7 Å². The number of hydrogen-bond donors (Lipinski definition) is 1. The molecule has 116 valence electrons. The Labute approximate surface area is 133 Å². The molecule has 0 radical (unpaired) electrons. The van der Waals surface area contributed by atoms with E-state index >= 15 is 0 Å². The van der Waals surface area contributed by atoms with Crippen LogP contribution >= 0.6 is 0 Å². The number of para-hydroxylation sites is 1. The van der Waals surface area contributed by atoms with Gasteiger partial charge in [0.1, 0.15) is 5.82 Å². The maximum atomic E-state index is 13.3. The summed E-state index contributed by atoms with van der Waals surface area (Å²) in [6, 6.07) is 15.3. The average Bonchev–Trinajstić information content (AvgIpc) is 2.84. The number of nitrogens with zero attached hydrogens (tertiary/aromatic N) is 2. The van der Waals surface area contributed by atoms with Crippen LogP contribution in [0.25, 0.3) is 5.69 Å². The minimum absolute atomic E-state index is 0.274. The number of hydrogen-bond acceptors (Lipinski definition) is 2. The lowest BCUT2D eigenvalue weighted by molar-refractivity contribution is 0.102. The number of anilines is 1. The molecule has 2 aromatic carbocycles. The fourth-order valence-corrected chi connectivity index (χ4v) is 2.46. The van der Waals surface area contributed by atoms with Gasteiger partial charge in [-0.05, 0) is 44.2 Å². The van der Waals surface area contributed by atoms with Gasteiger partial charge < -0.3 is 5.32 Å². The molecule has 1 N–H and O–H groups in total. The first kappa shape index (κ1) is 15.0. The van der Waals surface area contributed by atoms with Gasteiger partial charge in [-0.15, -0.1) is 0 Å². The molecule has 1 aromatic heterocycles. The van der Waals surface area contributed by atoms with Crippen molar-refractivity contribution in [3.63, 3.8) is 0 Å². The molecule has 0 saturated carbocycles. The fraction of sp³-hybridized carbons (Fsp3) is 0.111. The van der Waals surface area contributed by atoms with Gasteiger partial charge in [0.15, 0.2) is 0 Å². The average molecular weight is 309 g/mol. The third kappa shape index (κ3) is 2.99. The number of nitrogens with one attached hydrogen (secondary N) is 1. The number of aryl methyl sites for hydroxylation is 1. The Morgan fingerprint density at radius 2 is 1.83 bits per heavy atom. The summed E-state index contributed by atoms with van der Waals surface area (Å²) >= 11 is 0. The molecule has 0 spiro atoms. The summed E-state index contributed by atoms with van der Waals surface area (Å²) < 4.78 is 15.0. The van der Waals surface area contributed by atoms with Crippen molar-refractivity contribution < 1.29 is 9.18 Å². The molecule has 1 heterocycles. The Morgan fingerprint density at radius 3 is 2.52 bits per heavy atom. The Hall–Kier alpha value is -2.95. The van der Waals surface area contributed by atoms with E-state index in [-0.39, 0.29) is 11.5 Å². The van der Waals surface area contributed by atoms with Crippen molar-refractivity contribution in [2.45, 2.75) is 13.8 Å². The lowest BCUT2D eigenvalue weighted by Crippen LogP contribution is -2.13. The van der Waals surface area contributed by atoms with E-state index in [0.29, 0.717) is 11.4 Å². The molecule has 0 atom stereocenters. The number of carbonyl (C=O) groups excluding carboxylic acids is 1. The summed E-state index contributed by atoms with van der Waals surface area (Å²) in [5.74, 6) is -0.797. The van der Waals surface area contributed by atoms with Gasteiger partial charge in [-0.3, -0.25) is 4.79 Å². The molecule has 23 heavy (non-hydrogen) atoms. The lowest BCUT2D eigenvalue weighted by Gasteiger charge is -2.07. The summed E-state index contributed by atoms with van der Waals surface area (Å²) in [4.78, 5) is 12.3. The Balaban J connectivity index is 1.92. The highest BCUT2D eigenvalue weighted by atomic mass is 19.1. The molecule has 0 unspecified atom stereocenters. The minimum Gasteiger partial charge on any atom is -0.319 e. The van der Waals surface area contributed by atoms with Crippen molar-refractivity contribution in [3.05, 3.63) is 77.4 Å². The summed E-state index contributed by atoms with van der Waals surface area (Å²) in [6.07, 6.45) is 0. The predicted octanol–water partition coefficient (Wildman–Crippen LogP) is 3.88. The van der Waals surface area contributed by atoms with E-state index in [2.05, 4.69) is 10.4 Å². The van der Waals surface area contributed by atoms with Gasteiger partial charge in [-0.2, -0.15) is 5.10 Å². The van der Waals surface area contributed by atoms with Gasteiger partial charge in [0.25, 0.3) is 5.91 Å². The zero-order valence-corrected chi connectivity index (χ0v) is 12.9. The highest BCUT2D eigenvalue weighted by molar-refractivity contribution is 6.04. The summed E-state index contributed by atoms with van der Waals surface area (Å²) in [5, 5.41) is 7.30. The van der Waals surface area contributed by atoms with Gasteiger partial charge in [0.2, 0.25) is 0 Å². The molecule has 5 heteroatoms.